The minimum absolute atomic E-state index is 0.647. The quantitative estimate of drug-likeness (QED) is 0.888. The standard InChI is InChI=1S/C14H11ClN2/c15-14-7-2-1-5-12(14)10-17-13-6-3-4-11(8-13)9-16/h1-8,17H,10H2. The van der Waals surface area contributed by atoms with Gasteiger partial charge in [0.15, 0.2) is 0 Å². The first-order valence-corrected chi connectivity index (χ1v) is 5.65. The van der Waals surface area contributed by atoms with E-state index >= 15 is 0 Å². The summed E-state index contributed by atoms with van der Waals surface area (Å²) in [4.78, 5) is 0. The molecule has 2 nitrogen and oxygen atoms in total. The molecular formula is C14H11ClN2. The topological polar surface area (TPSA) is 35.8 Å². The second-order valence-electron chi connectivity index (χ2n) is 3.64. The first kappa shape index (κ1) is 11.5. The summed E-state index contributed by atoms with van der Waals surface area (Å²) in [7, 11) is 0. The van der Waals surface area contributed by atoms with Crippen molar-refractivity contribution in [3.05, 3.63) is 64.7 Å². The van der Waals surface area contributed by atoms with E-state index in [4.69, 9.17) is 16.9 Å². The summed E-state index contributed by atoms with van der Waals surface area (Å²) >= 11 is 6.06. The zero-order valence-electron chi connectivity index (χ0n) is 9.15. The maximum atomic E-state index is 8.79. The van der Waals surface area contributed by atoms with Gasteiger partial charge < -0.3 is 5.32 Å². The van der Waals surface area contributed by atoms with Crippen molar-refractivity contribution in [2.45, 2.75) is 6.54 Å². The molecule has 0 saturated carbocycles. The molecule has 0 aliphatic rings. The number of hydrogen-bond acceptors (Lipinski definition) is 2. The normalized spacial score (nSPS) is 9.65. The van der Waals surface area contributed by atoms with Gasteiger partial charge in [-0.1, -0.05) is 35.9 Å². The van der Waals surface area contributed by atoms with Crippen molar-refractivity contribution in [2.24, 2.45) is 0 Å². The van der Waals surface area contributed by atoms with Gasteiger partial charge in [-0.25, -0.2) is 0 Å². The number of rotatable bonds is 3. The average Bonchev–Trinajstić information content (AvgIpc) is 2.38. The minimum Gasteiger partial charge on any atom is -0.381 e. The largest absolute Gasteiger partial charge is 0.381 e. The highest BCUT2D eigenvalue weighted by molar-refractivity contribution is 6.31. The van der Waals surface area contributed by atoms with Crippen molar-refractivity contribution >= 4 is 17.3 Å². The van der Waals surface area contributed by atoms with Gasteiger partial charge in [-0.3, -0.25) is 0 Å². The molecule has 84 valence electrons. The van der Waals surface area contributed by atoms with Crippen molar-refractivity contribution in [3.63, 3.8) is 0 Å². The minimum atomic E-state index is 0.647. The maximum absolute atomic E-state index is 8.79. The van der Waals surface area contributed by atoms with Crippen LogP contribution in [0.25, 0.3) is 0 Å². The molecule has 0 aliphatic carbocycles. The van der Waals surface area contributed by atoms with E-state index in [0.717, 1.165) is 16.3 Å². The molecule has 0 aliphatic heterocycles. The van der Waals surface area contributed by atoms with Crippen molar-refractivity contribution in [1.29, 1.82) is 5.26 Å². The number of nitrogens with one attached hydrogen (secondary N) is 1. The lowest BCUT2D eigenvalue weighted by Gasteiger charge is -2.07. The van der Waals surface area contributed by atoms with E-state index in [1.807, 2.05) is 42.5 Å². The van der Waals surface area contributed by atoms with Crippen LogP contribution >= 0.6 is 11.6 Å². The van der Waals surface area contributed by atoms with Crippen LogP contribution in [-0.2, 0) is 6.54 Å². The Kier molecular flexibility index (Phi) is 3.64. The summed E-state index contributed by atoms with van der Waals surface area (Å²) in [5.74, 6) is 0. The fourth-order valence-electron chi connectivity index (χ4n) is 1.54. The van der Waals surface area contributed by atoms with Crippen LogP contribution < -0.4 is 5.32 Å². The van der Waals surface area contributed by atoms with E-state index in [-0.39, 0.29) is 0 Å². The summed E-state index contributed by atoms with van der Waals surface area (Å²) in [6.45, 7) is 0.647. The lowest BCUT2D eigenvalue weighted by molar-refractivity contribution is 1.15. The Morgan fingerprint density at radius 3 is 2.71 bits per heavy atom. The van der Waals surface area contributed by atoms with Gasteiger partial charge in [-0.15, -0.1) is 0 Å². The number of halogens is 1. The van der Waals surface area contributed by atoms with E-state index in [0.29, 0.717) is 12.1 Å². The zero-order valence-corrected chi connectivity index (χ0v) is 9.91. The molecule has 0 amide bonds. The second kappa shape index (κ2) is 5.38. The van der Waals surface area contributed by atoms with Gasteiger partial charge in [0, 0.05) is 17.3 Å². The third-order valence-electron chi connectivity index (χ3n) is 2.43. The Balaban J connectivity index is 2.08. The number of anilines is 1. The molecule has 0 saturated heterocycles. The van der Waals surface area contributed by atoms with Crippen LogP contribution in [0.15, 0.2) is 48.5 Å². The fourth-order valence-corrected chi connectivity index (χ4v) is 1.74. The Morgan fingerprint density at radius 2 is 1.94 bits per heavy atom. The molecule has 0 spiro atoms. The molecule has 2 rings (SSSR count). The molecular weight excluding hydrogens is 232 g/mol. The molecule has 17 heavy (non-hydrogen) atoms. The summed E-state index contributed by atoms with van der Waals surface area (Å²) in [6.07, 6.45) is 0. The Bertz CT molecular complexity index is 558. The molecule has 0 atom stereocenters. The van der Waals surface area contributed by atoms with E-state index in [1.54, 1.807) is 6.07 Å². The van der Waals surface area contributed by atoms with Gasteiger partial charge in [-0.2, -0.15) is 5.26 Å². The van der Waals surface area contributed by atoms with Gasteiger partial charge in [0.05, 0.1) is 11.6 Å². The Labute approximate surface area is 105 Å². The van der Waals surface area contributed by atoms with Crippen molar-refractivity contribution < 1.29 is 0 Å². The van der Waals surface area contributed by atoms with Crippen LogP contribution in [0.2, 0.25) is 5.02 Å². The van der Waals surface area contributed by atoms with Crippen LogP contribution in [-0.4, -0.2) is 0 Å². The number of nitriles is 1. The maximum Gasteiger partial charge on any atom is 0.0992 e. The summed E-state index contributed by atoms with van der Waals surface area (Å²) in [5.41, 5.74) is 2.61. The first-order chi connectivity index (χ1) is 8.29. The molecule has 0 radical (unpaired) electrons. The lowest BCUT2D eigenvalue weighted by Crippen LogP contribution is -1.99. The first-order valence-electron chi connectivity index (χ1n) is 5.27. The summed E-state index contributed by atoms with van der Waals surface area (Å²) in [5, 5.41) is 12.8. The Hall–Kier alpha value is -1.98. The highest BCUT2D eigenvalue weighted by atomic mass is 35.5. The smallest absolute Gasteiger partial charge is 0.0992 e. The molecule has 0 unspecified atom stereocenters. The predicted molar refractivity (Wildman–Crippen MR) is 69.9 cm³/mol. The molecule has 0 bridgehead atoms. The zero-order chi connectivity index (χ0) is 12.1. The van der Waals surface area contributed by atoms with Gasteiger partial charge >= 0.3 is 0 Å². The van der Waals surface area contributed by atoms with E-state index in [1.165, 1.54) is 0 Å². The van der Waals surface area contributed by atoms with Gasteiger partial charge in [0.25, 0.3) is 0 Å². The summed E-state index contributed by atoms with van der Waals surface area (Å²) in [6, 6.07) is 17.2. The lowest BCUT2D eigenvalue weighted by atomic mass is 10.2. The highest BCUT2D eigenvalue weighted by Gasteiger charge is 1.99. The predicted octanol–water partition coefficient (Wildman–Crippen LogP) is 3.82. The van der Waals surface area contributed by atoms with Crippen LogP contribution in [0.1, 0.15) is 11.1 Å². The van der Waals surface area contributed by atoms with E-state index < -0.39 is 0 Å². The monoisotopic (exact) mass is 242 g/mol. The third kappa shape index (κ3) is 2.99. The number of benzene rings is 2. The fraction of sp³-hybridized carbons (Fsp3) is 0.0714. The van der Waals surface area contributed by atoms with Crippen molar-refractivity contribution in [2.75, 3.05) is 5.32 Å². The molecule has 0 fully saturated rings. The van der Waals surface area contributed by atoms with Crippen LogP contribution in [0, 0.1) is 11.3 Å². The molecule has 3 heteroatoms. The molecule has 0 aromatic heterocycles. The van der Waals surface area contributed by atoms with Crippen LogP contribution in [0.5, 0.6) is 0 Å². The van der Waals surface area contributed by atoms with Crippen molar-refractivity contribution in [1.82, 2.24) is 0 Å². The Morgan fingerprint density at radius 1 is 1.12 bits per heavy atom. The van der Waals surface area contributed by atoms with Gasteiger partial charge in [0.1, 0.15) is 0 Å². The number of nitrogens with zero attached hydrogens (tertiary/aromatic N) is 1. The second-order valence-corrected chi connectivity index (χ2v) is 4.04. The van der Waals surface area contributed by atoms with E-state index in [2.05, 4.69) is 11.4 Å². The summed E-state index contributed by atoms with van der Waals surface area (Å²) < 4.78 is 0. The average molecular weight is 243 g/mol. The molecule has 2 aromatic carbocycles. The number of hydrogen-bond donors (Lipinski definition) is 1. The van der Waals surface area contributed by atoms with Gasteiger partial charge in [0.2, 0.25) is 0 Å². The SMILES string of the molecule is N#Cc1cccc(NCc2ccccc2Cl)c1. The molecule has 0 heterocycles. The van der Waals surface area contributed by atoms with E-state index in [9.17, 15) is 0 Å². The molecule has 1 N–H and O–H groups in total. The van der Waals surface area contributed by atoms with Crippen molar-refractivity contribution in [3.8, 4) is 6.07 Å². The van der Waals surface area contributed by atoms with Crippen LogP contribution in [0.3, 0.4) is 0 Å². The highest BCUT2D eigenvalue weighted by Crippen LogP contribution is 2.17. The van der Waals surface area contributed by atoms with Gasteiger partial charge in [-0.05, 0) is 29.8 Å². The van der Waals surface area contributed by atoms with Crippen LogP contribution in [0.4, 0.5) is 5.69 Å². The molecule has 2 aromatic rings. The third-order valence-corrected chi connectivity index (χ3v) is 2.80.